The molecule has 1 heterocycles. The minimum Gasteiger partial charge on any atom is -0.327 e. The molecule has 1 aliphatic rings. The Balaban J connectivity index is 2.06. The zero-order valence-electron chi connectivity index (χ0n) is 8.85. The van der Waals surface area contributed by atoms with Crippen molar-refractivity contribution in [2.24, 2.45) is 5.92 Å². The van der Waals surface area contributed by atoms with E-state index in [1.165, 1.54) is 24.2 Å². The summed E-state index contributed by atoms with van der Waals surface area (Å²) in [6, 6.07) is 1.80. The molecule has 2 nitrogen and oxygen atoms in total. The van der Waals surface area contributed by atoms with Crippen molar-refractivity contribution in [2.75, 3.05) is 13.1 Å². The fourth-order valence-corrected chi connectivity index (χ4v) is 2.65. The molecule has 4 heteroatoms. The van der Waals surface area contributed by atoms with Crippen LogP contribution in [0, 0.1) is 18.3 Å². The molecule has 1 aliphatic carbocycles. The fraction of sp³-hybridized carbons (Fsp3) is 0.417. The number of carbonyl (C=O) groups excluding carboxylic acids is 1. The van der Waals surface area contributed by atoms with Crippen LogP contribution in [-0.2, 0) is 0 Å². The summed E-state index contributed by atoms with van der Waals surface area (Å²) in [6.45, 7) is 1.19. The van der Waals surface area contributed by atoms with Gasteiger partial charge in [0.2, 0.25) is 0 Å². The molecule has 0 spiro atoms. The van der Waals surface area contributed by atoms with E-state index < -0.39 is 0 Å². The van der Waals surface area contributed by atoms with Crippen LogP contribution in [0.3, 0.4) is 0 Å². The van der Waals surface area contributed by atoms with Gasteiger partial charge in [-0.15, -0.1) is 30.4 Å². The highest BCUT2D eigenvalue weighted by atomic mass is 32.1. The van der Waals surface area contributed by atoms with Gasteiger partial charge < -0.3 is 4.90 Å². The summed E-state index contributed by atoms with van der Waals surface area (Å²) in [6.07, 6.45) is 7.73. The summed E-state index contributed by atoms with van der Waals surface area (Å²) in [5.41, 5.74) is 0. The summed E-state index contributed by atoms with van der Waals surface area (Å²) in [5, 5.41) is 1.86. The summed E-state index contributed by atoms with van der Waals surface area (Å²) in [4.78, 5) is 15.4. The zero-order chi connectivity index (χ0) is 11.5. The zero-order valence-corrected chi connectivity index (χ0v) is 10.6. The van der Waals surface area contributed by atoms with E-state index in [2.05, 4.69) is 18.5 Å². The molecule has 1 aromatic heterocycles. The largest absolute Gasteiger partial charge is 0.327 e. The maximum Gasteiger partial charge on any atom is 0.264 e. The number of terminal acetylenes is 1. The van der Waals surface area contributed by atoms with Crippen molar-refractivity contribution in [2.45, 2.75) is 17.7 Å². The van der Waals surface area contributed by atoms with Gasteiger partial charge in [-0.1, -0.05) is 5.92 Å². The lowest BCUT2D eigenvalue weighted by Crippen LogP contribution is -2.32. The monoisotopic (exact) mass is 251 g/mol. The van der Waals surface area contributed by atoms with Crippen LogP contribution in [0.1, 0.15) is 22.5 Å². The van der Waals surface area contributed by atoms with Crippen molar-refractivity contribution in [3.05, 3.63) is 16.3 Å². The van der Waals surface area contributed by atoms with Crippen molar-refractivity contribution >= 4 is 29.9 Å². The predicted molar refractivity (Wildman–Crippen MR) is 69.0 cm³/mol. The predicted octanol–water partition coefficient (Wildman–Crippen LogP) is 2.52. The van der Waals surface area contributed by atoms with Gasteiger partial charge in [-0.05, 0) is 24.8 Å². The average molecular weight is 251 g/mol. The van der Waals surface area contributed by atoms with Crippen LogP contribution in [0.4, 0.5) is 0 Å². The number of thiophene rings is 1. The molecule has 16 heavy (non-hydrogen) atoms. The van der Waals surface area contributed by atoms with E-state index in [4.69, 9.17) is 6.42 Å². The minimum absolute atomic E-state index is 0.0372. The lowest BCUT2D eigenvalue weighted by atomic mass is 10.3. The van der Waals surface area contributed by atoms with Crippen molar-refractivity contribution in [1.29, 1.82) is 0 Å². The van der Waals surface area contributed by atoms with Crippen LogP contribution < -0.4 is 0 Å². The molecule has 0 atom stereocenters. The quantitative estimate of drug-likeness (QED) is 0.644. The van der Waals surface area contributed by atoms with Crippen molar-refractivity contribution < 1.29 is 4.79 Å². The van der Waals surface area contributed by atoms with E-state index in [0.717, 1.165) is 16.3 Å². The summed E-state index contributed by atoms with van der Waals surface area (Å²) < 4.78 is 0. The maximum absolute atomic E-state index is 12.1. The third-order valence-electron chi connectivity index (χ3n) is 2.54. The molecular weight excluding hydrogens is 238 g/mol. The van der Waals surface area contributed by atoms with Gasteiger partial charge >= 0.3 is 0 Å². The number of nitrogens with zero attached hydrogens (tertiary/aromatic N) is 1. The first kappa shape index (κ1) is 11.6. The fourth-order valence-electron chi connectivity index (χ4n) is 1.54. The lowest BCUT2D eigenvalue weighted by Gasteiger charge is -2.18. The summed E-state index contributed by atoms with van der Waals surface area (Å²) >= 11 is 5.63. The van der Waals surface area contributed by atoms with Gasteiger partial charge in [0.25, 0.3) is 5.91 Å². The van der Waals surface area contributed by atoms with Gasteiger partial charge in [0.15, 0.2) is 0 Å². The molecule has 2 rings (SSSR count). The van der Waals surface area contributed by atoms with Crippen LogP contribution >= 0.6 is 24.0 Å². The van der Waals surface area contributed by atoms with Crippen molar-refractivity contribution in [1.82, 2.24) is 4.90 Å². The van der Waals surface area contributed by atoms with Crippen molar-refractivity contribution in [3.8, 4) is 12.3 Å². The van der Waals surface area contributed by atoms with Crippen LogP contribution in [0.15, 0.2) is 16.3 Å². The SMILES string of the molecule is C#CCN(CC1CC1)C(=O)c1cc(S)cs1. The van der Waals surface area contributed by atoms with Gasteiger partial charge in [-0.2, -0.15) is 0 Å². The number of carbonyl (C=O) groups is 1. The highest BCUT2D eigenvalue weighted by Gasteiger charge is 2.27. The molecule has 1 amide bonds. The first-order valence-electron chi connectivity index (χ1n) is 5.21. The molecule has 1 aromatic rings. The van der Waals surface area contributed by atoms with Gasteiger partial charge in [0.1, 0.15) is 0 Å². The van der Waals surface area contributed by atoms with Crippen LogP contribution in [0.5, 0.6) is 0 Å². The Morgan fingerprint density at radius 3 is 2.94 bits per heavy atom. The number of hydrogen-bond donors (Lipinski definition) is 1. The Labute approximate surface area is 105 Å². The van der Waals surface area contributed by atoms with Crippen LogP contribution in [0.25, 0.3) is 0 Å². The molecule has 0 radical (unpaired) electrons. The third kappa shape index (κ3) is 2.81. The van der Waals surface area contributed by atoms with Gasteiger partial charge in [-0.25, -0.2) is 0 Å². The van der Waals surface area contributed by atoms with Crippen molar-refractivity contribution in [3.63, 3.8) is 0 Å². The van der Waals surface area contributed by atoms with E-state index in [-0.39, 0.29) is 5.91 Å². The van der Waals surface area contributed by atoms with Gasteiger partial charge in [0.05, 0.1) is 11.4 Å². The number of thiol groups is 1. The minimum atomic E-state index is 0.0372. The first-order valence-corrected chi connectivity index (χ1v) is 6.53. The number of hydrogen-bond acceptors (Lipinski definition) is 3. The Bertz CT molecular complexity index is 428. The Morgan fingerprint density at radius 1 is 1.69 bits per heavy atom. The molecule has 0 unspecified atom stereocenters. The molecular formula is C12H13NOS2. The Hall–Kier alpha value is -0.920. The maximum atomic E-state index is 12.1. The van der Waals surface area contributed by atoms with Crippen LogP contribution in [0.2, 0.25) is 0 Å². The third-order valence-corrected chi connectivity index (χ3v) is 3.89. The average Bonchev–Trinajstić information content (AvgIpc) is 2.97. The molecule has 0 N–H and O–H groups in total. The summed E-state index contributed by atoms with van der Waals surface area (Å²) in [5.74, 6) is 3.25. The second-order valence-electron chi connectivity index (χ2n) is 4.00. The Kier molecular flexibility index (Phi) is 3.57. The van der Waals surface area contributed by atoms with Gasteiger partial charge in [0, 0.05) is 16.8 Å². The standard InChI is InChI=1S/C12H13NOS2/c1-2-5-13(7-9-3-4-9)12(14)11-6-10(15)8-16-11/h1,6,8-9,15H,3-5,7H2. The van der Waals surface area contributed by atoms with Gasteiger partial charge in [-0.3, -0.25) is 4.79 Å². The lowest BCUT2D eigenvalue weighted by molar-refractivity contribution is 0.0774. The van der Waals surface area contributed by atoms with E-state index in [9.17, 15) is 4.79 Å². The normalized spacial score (nSPS) is 14.5. The highest BCUT2D eigenvalue weighted by molar-refractivity contribution is 7.80. The smallest absolute Gasteiger partial charge is 0.264 e. The first-order chi connectivity index (χ1) is 7.70. The molecule has 0 aliphatic heterocycles. The number of amides is 1. The van der Waals surface area contributed by atoms with E-state index >= 15 is 0 Å². The molecule has 1 saturated carbocycles. The molecule has 1 fully saturated rings. The summed E-state index contributed by atoms with van der Waals surface area (Å²) in [7, 11) is 0. The second kappa shape index (κ2) is 4.94. The second-order valence-corrected chi connectivity index (χ2v) is 5.43. The molecule has 0 aromatic carbocycles. The van der Waals surface area contributed by atoms with E-state index in [1.807, 2.05) is 5.38 Å². The number of rotatable bonds is 4. The Morgan fingerprint density at radius 2 is 2.44 bits per heavy atom. The highest BCUT2D eigenvalue weighted by Crippen LogP contribution is 2.30. The van der Waals surface area contributed by atoms with E-state index in [0.29, 0.717) is 12.5 Å². The van der Waals surface area contributed by atoms with Crippen LogP contribution in [-0.4, -0.2) is 23.9 Å². The molecule has 0 bridgehead atoms. The van der Waals surface area contributed by atoms with E-state index in [1.54, 1.807) is 11.0 Å². The molecule has 84 valence electrons. The topological polar surface area (TPSA) is 20.3 Å². The molecule has 0 saturated heterocycles.